The van der Waals surface area contributed by atoms with Crippen molar-refractivity contribution in [3.05, 3.63) is 17.7 Å². The molecule has 0 bridgehead atoms. The van der Waals surface area contributed by atoms with Crippen molar-refractivity contribution in [2.75, 3.05) is 5.32 Å². The van der Waals surface area contributed by atoms with Crippen LogP contribution in [0.4, 0.5) is 5.69 Å². The largest absolute Gasteiger partial charge is 0.504 e. The van der Waals surface area contributed by atoms with Crippen LogP contribution in [0.25, 0.3) is 0 Å². The van der Waals surface area contributed by atoms with Gasteiger partial charge in [0.2, 0.25) is 0 Å². The van der Waals surface area contributed by atoms with Gasteiger partial charge in [-0.15, -0.1) is 0 Å². The first-order valence-corrected chi connectivity index (χ1v) is 3.98. The first-order valence-electron chi connectivity index (χ1n) is 3.98. The van der Waals surface area contributed by atoms with Gasteiger partial charge in [-0.25, -0.2) is 0 Å². The highest BCUT2D eigenvalue weighted by Gasteiger charge is 2.18. The highest BCUT2D eigenvalue weighted by Crippen LogP contribution is 2.35. The monoisotopic (exact) mass is 165 g/mol. The van der Waals surface area contributed by atoms with Crippen LogP contribution in [0.1, 0.15) is 12.5 Å². The fourth-order valence-electron chi connectivity index (χ4n) is 1.57. The minimum absolute atomic E-state index is 0.0374. The number of benzene rings is 1. The number of rotatable bonds is 0. The van der Waals surface area contributed by atoms with Gasteiger partial charge in [0.25, 0.3) is 0 Å². The third-order valence-corrected chi connectivity index (χ3v) is 2.13. The molecule has 1 atom stereocenters. The first-order chi connectivity index (χ1) is 5.66. The quantitative estimate of drug-likeness (QED) is 0.403. The Hall–Kier alpha value is -1.38. The normalized spacial score (nSPS) is 20.2. The van der Waals surface area contributed by atoms with Gasteiger partial charge in [0.05, 0.1) is 0 Å². The molecule has 0 spiro atoms. The molecule has 3 heteroatoms. The molecule has 1 aliphatic heterocycles. The lowest BCUT2D eigenvalue weighted by atomic mass is 10.1. The smallest absolute Gasteiger partial charge is 0.159 e. The van der Waals surface area contributed by atoms with Gasteiger partial charge >= 0.3 is 0 Å². The van der Waals surface area contributed by atoms with Gasteiger partial charge in [0, 0.05) is 17.8 Å². The van der Waals surface area contributed by atoms with Crippen LogP contribution in [0.3, 0.4) is 0 Å². The molecule has 2 rings (SSSR count). The third-order valence-electron chi connectivity index (χ3n) is 2.13. The summed E-state index contributed by atoms with van der Waals surface area (Å²) in [5.74, 6) is -0.0972. The van der Waals surface area contributed by atoms with Crippen LogP contribution in [0.15, 0.2) is 12.1 Å². The van der Waals surface area contributed by atoms with Gasteiger partial charge in [-0.2, -0.15) is 0 Å². The molecule has 0 saturated heterocycles. The van der Waals surface area contributed by atoms with Crippen molar-refractivity contribution in [2.24, 2.45) is 0 Å². The zero-order valence-corrected chi connectivity index (χ0v) is 6.83. The van der Waals surface area contributed by atoms with E-state index in [1.807, 2.05) is 0 Å². The van der Waals surface area contributed by atoms with E-state index in [0.717, 1.165) is 17.7 Å². The molecule has 0 fully saturated rings. The Morgan fingerprint density at radius 1 is 1.33 bits per heavy atom. The van der Waals surface area contributed by atoms with Crippen molar-refractivity contribution >= 4 is 5.69 Å². The van der Waals surface area contributed by atoms with E-state index < -0.39 is 0 Å². The number of phenolic OH excluding ortho intramolecular Hbond substituents is 2. The van der Waals surface area contributed by atoms with Gasteiger partial charge in [-0.05, 0) is 25.0 Å². The molecular formula is C9H11NO2. The lowest BCUT2D eigenvalue weighted by Gasteiger charge is -2.03. The minimum Gasteiger partial charge on any atom is -0.504 e. The number of fused-ring (bicyclic) bond motifs is 1. The van der Waals surface area contributed by atoms with Crippen LogP contribution in [0, 0.1) is 0 Å². The maximum Gasteiger partial charge on any atom is 0.159 e. The fourth-order valence-corrected chi connectivity index (χ4v) is 1.57. The first kappa shape index (κ1) is 7.28. The summed E-state index contributed by atoms with van der Waals surface area (Å²) in [5, 5.41) is 21.6. The van der Waals surface area contributed by atoms with Gasteiger partial charge in [0.1, 0.15) is 0 Å². The maximum absolute atomic E-state index is 9.19. The summed E-state index contributed by atoms with van der Waals surface area (Å²) >= 11 is 0. The van der Waals surface area contributed by atoms with Gasteiger partial charge < -0.3 is 15.5 Å². The standard InChI is InChI=1S/C9H11NO2/c1-5-2-6-3-8(11)9(12)4-7(6)10-5/h3-5,10-12H,2H2,1H3/t5-/m0/s1. The Bertz CT molecular complexity index is 292. The lowest BCUT2D eigenvalue weighted by molar-refractivity contribution is 0.403. The lowest BCUT2D eigenvalue weighted by Crippen LogP contribution is -2.08. The molecule has 3 N–H and O–H groups in total. The highest BCUT2D eigenvalue weighted by atomic mass is 16.3. The Balaban J connectivity index is 2.48. The van der Waals surface area contributed by atoms with Crippen molar-refractivity contribution in [3.63, 3.8) is 0 Å². The predicted octanol–water partition coefficient (Wildman–Crippen LogP) is 1.45. The van der Waals surface area contributed by atoms with Gasteiger partial charge in [0.15, 0.2) is 11.5 Å². The molecular weight excluding hydrogens is 154 g/mol. The summed E-state index contributed by atoms with van der Waals surface area (Å²) in [6.45, 7) is 2.06. The van der Waals surface area contributed by atoms with E-state index in [1.54, 1.807) is 12.1 Å². The van der Waals surface area contributed by atoms with Crippen LogP contribution in [0.5, 0.6) is 11.5 Å². The molecule has 3 nitrogen and oxygen atoms in total. The molecule has 0 saturated carbocycles. The average molecular weight is 165 g/mol. The SMILES string of the molecule is C[C@H]1Cc2cc(O)c(O)cc2N1. The van der Waals surface area contributed by atoms with Crippen LogP contribution < -0.4 is 5.32 Å². The molecule has 64 valence electrons. The van der Waals surface area contributed by atoms with E-state index in [2.05, 4.69) is 12.2 Å². The van der Waals surface area contributed by atoms with E-state index in [4.69, 9.17) is 0 Å². The van der Waals surface area contributed by atoms with Crippen molar-refractivity contribution < 1.29 is 10.2 Å². The van der Waals surface area contributed by atoms with E-state index in [0.29, 0.717) is 6.04 Å². The zero-order valence-electron chi connectivity index (χ0n) is 6.83. The number of anilines is 1. The molecule has 0 unspecified atom stereocenters. The predicted molar refractivity (Wildman–Crippen MR) is 46.6 cm³/mol. The second kappa shape index (κ2) is 2.30. The van der Waals surface area contributed by atoms with Crippen LogP contribution in [-0.4, -0.2) is 16.3 Å². The third kappa shape index (κ3) is 0.978. The van der Waals surface area contributed by atoms with Crippen molar-refractivity contribution in [2.45, 2.75) is 19.4 Å². The van der Waals surface area contributed by atoms with Crippen molar-refractivity contribution in [1.82, 2.24) is 0 Å². The number of hydrogen-bond acceptors (Lipinski definition) is 3. The van der Waals surface area contributed by atoms with Gasteiger partial charge in [-0.1, -0.05) is 0 Å². The number of phenols is 2. The molecule has 1 aromatic rings. The summed E-state index contributed by atoms with van der Waals surface area (Å²) in [5.41, 5.74) is 2.00. The summed E-state index contributed by atoms with van der Waals surface area (Å²) in [4.78, 5) is 0. The second-order valence-electron chi connectivity index (χ2n) is 3.25. The Kier molecular flexibility index (Phi) is 1.40. The number of hydrogen-bond donors (Lipinski definition) is 3. The molecule has 12 heavy (non-hydrogen) atoms. The van der Waals surface area contributed by atoms with Crippen LogP contribution in [0.2, 0.25) is 0 Å². The maximum atomic E-state index is 9.19. The molecule has 1 aromatic carbocycles. The Morgan fingerprint density at radius 2 is 2.00 bits per heavy atom. The minimum atomic E-state index is -0.0599. The van der Waals surface area contributed by atoms with Crippen LogP contribution >= 0.6 is 0 Å². The summed E-state index contributed by atoms with van der Waals surface area (Å²) < 4.78 is 0. The topological polar surface area (TPSA) is 52.5 Å². The second-order valence-corrected chi connectivity index (χ2v) is 3.25. The summed E-state index contributed by atoms with van der Waals surface area (Å²) in [7, 11) is 0. The molecule has 0 aliphatic carbocycles. The highest BCUT2D eigenvalue weighted by molar-refractivity contribution is 5.63. The van der Waals surface area contributed by atoms with Crippen LogP contribution in [-0.2, 0) is 6.42 Å². The number of nitrogens with one attached hydrogen (secondary N) is 1. The Labute approximate surface area is 70.7 Å². The molecule has 0 aromatic heterocycles. The zero-order chi connectivity index (χ0) is 8.72. The van der Waals surface area contributed by atoms with E-state index in [1.165, 1.54) is 0 Å². The molecule has 0 radical (unpaired) electrons. The van der Waals surface area contributed by atoms with E-state index in [9.17, 15) is 10.2 Å². The van der Waals surface area contributed by atoms with Gasteiger partial charge in [-0.3, -0.25) is 0 Å². The fraction of sp³-hybridized carbons (Fsp3) is 0.333. The summed E-state index contributed by atoms with van der Waals surface area (Å²) in [6.07, 6.45) is 0.906. The molecule has 1 aliphatic rings. The van der Waals surface area contributed by atoms with E-state index in [-0.39, 0.29) is 11.5 Å². The van der Waals surface area contributed by atoms with Crippen molar-refractivity contribution in [1.29, 1.82) is 0 Å². The molecule has 1 heterocycles. The van der Waals surface area contributed by atoms with Crippen molar-refractivity contribution in [3.8, 4) is 11.5 Å². The number of aromatic hydroxyl groups is 2. The summed E-state index contributed by atoms with van der Waals surface area (Å²) in [6, 6.07) is 3.57. The average Bonchev–Trinajstić information content (AvgIpc) is 2.30. The molecule has 0 amide bonds. The Morgan fingerprint density at radius 3 is 2.75 bits per heavy atom. The van der Waals surface area contributed by atoms with E-state index >= 15 is 0 Å².